The number of carbonyl (C=O) groups is 3. The number of hydrogen-bond donors (Lipinski definition) is 4. The van der Waals surface area contributed by atoms with E-state index < -0.39 is 28.4 Å². The minimum Gasteiger partial charge on any atom is -0.494 e. The van der Waals surface area contributed by atoms with Crippen molar-refractivity contribution in [2.75, 3.05) is 36.2 Å². The van der Waals surface area contributed by atoms with Gasteiger partial charge in [-0.3, -0.25) is 29.4 Å². The summed E-state index contributed by atoms with van der Waals surface area (Å²) < 4.78 is 5.77. The number of rotatable bonds is 16. The fraction of sp³-hybridized carbons (Fsp3) is 0.370. The number of carbonyl (C=O) groups excluding carboxylic acids is 3. The summed E-state index contributed by atoms with van der Waals surface area (Å²) in [5, 5.41) is 47.0. The predicted octanol–water partition coefficient (Wildman–Crippen LogP) is 5.21. The van der Waals surface area contributed by atoms with Gasteiger partial charge in [-0.2, -0.15) is 0 Å². The van der Waals surface area contributed by atoms with Crippen molar-refractivity contribution in [1.82, 2.24) is 10.2 Å². The third-order valence-electron chi connectivity index (χ3n) is 11.8. The number of unbranched alkanes of at least 4 members (excludes halogenated alkanes) is 1. The summed E-state index contributed by atoms with van der Waals surface area (Å²) in [7, 11) is 0. The molecule has 3 aliphatic heterocycles. The van der Waals surface area contributed by atoms with Crippen LogP contribution in [0.3, 0.4) is 0 Å². The normalized spacial score (nSPS) is 20.2. The second-order valence-corrected chi connectivity index (χ2v) is 15.6. The molecule has 14 heteroatoms. The van der Waals surface area contributed by atoms with Crippen LogP contribution in [-0.2, 0) is 45.9 Å². The number of hydrogen-bond acceptors (Lipinski definition) is 10. The number of nitrogens with zero attached hydrogens (tertiary/aromatic N) is 4. The molecule has 3 heterocycles. The molecule has 4 aromatic carbocycles. The first kappa shape index (κ1) is 42.2. The molecular weight excluding hydrogens is 767 g/mol. The Labute approximate surface area is 348 Å². The average Bonchev–Trinajstić information content (AvgIpc) is 3.46. The fourth-order valence-electron chi connectivity index (χ4n) is 8.57. The second-order valence-electron chi connectivity index (χ2n) is 15.6. The molecule has 3 aliphatic rings. The van der Waals surface area contributed by atoms with E-state index in [1.54, 1.807) is 34.9 Å². The maximum atomic E-state index is 14.5. The highest BCUT2D eigenvalue weighted by Crippen LogP contribution is 2.47. The highest BCUT2D eigenvalue weighted by atomic mass is 16.6. The van der Waals surface area contributed by atoms with Crippen molar-refractivity contribution in [2.24, 2.45) is 5.92 Å². The third kappa shape index (κ3) is 8.28. The number of anilines is 3. The molecule has 0 aliphatic carbocycles. The molecule has 0 bridgehead atoms. The SMILES string of the molecule is CCOc1ccc2c(c1)CC(NCCCCO)C(=O)N2c1cccc(CN2C(=O)[C@](O)([C@H](C)/C=C/CC(=O)N3Cc4ccccc4C[C@H]3CO)c3cc([N+](=O)[O-])ccc32)c1. The Bertz CT molecular complexity index is 2300. The van der Waals surface area contributed by atoms with Gasteiger partial charge in [0.2, 0.25) is 11.8 Å². The summed E-state index contributed by atoms with van der Waals surface area (Å²) in [5.74, 6) is -1.28. The molecule has 0 saturated heterocycles. The third-order valence-corrected chi connectivity index (χ3v) is 11.8. The van der Waals surface area contributed by atoms with Crippen LogP contribution in [0.2, 0.25) is 0 Å². The lowest BCUT2D eigenvalue weighted by Gasteiger charge is -2.36. The Hall–Kier alpha value is -5.93. The number of fused-ring (bicyclic) bond motifs is 3. The summed E-state index contributed by atoms with van der Waals surface area (Å²) >= 11 is 0. The molecule has 0 radical (unpaired) electrons. The van der Waals surface area contributed by atoms with Gasteiger partial charge in [0.1, 0.15) is 5.75 Å². The molecule has 14 nitrogen and oxygen atoms in total. The fourth-order valence-corrected chi connectivity index (χ4v) is 8.57. The zero-order chi connectivity index (χ0) is 42.6. The van der Waals surface area contributed by atoms with E-state index >= 15 is 0 Å². The lowest BCUT2D eigenvalue weighted by molar-refractivity contribution is -0.385. The molecule has 1 unspecified atom stereocenters. The molecule has 0 aromatic heterocycles. The van der Waals surface area contributed by atoms with Gasteiger partial charge in [0, 0.05) is 48.9 Å². The molecule has 4 N–H and O–H groups in total. The molecule has 3 amide bonds. The first-order valence-electron chi connectivity index (χ1n) is 20.5. The number of non-ortho nitro benzene ring substituents is 1. The number of benzene rings is 4. The second kappa shape index (κ2) is 18.1. The van der Waals surface area contributed by atoms with E-state index in [2.05, 4.69) is 5.32 Å². The van der Waals surface area contributed by atoms with Gasteiger partial charge >= 0.3 is 0 Å². The van der Waals surface area contributed by atoms with Crippen LogP contribution in [0, 0.1) is 16.0 Å². The van der Waals surface area contributed by atoms with Crippen LogP contribution in [0.25, 0.3) is 0 Å². The van der Waals surface area contributed by atoms with E-state index in [-0.39, 0.29) is 55.3 Å². The van der Waals surface area contributed by atoms with Gasteiger partial charge in [-0.15, -0.1) is 0 Å². The van der Waals surface area contributed by atoms with Gasteiger partial charge in [-0.1, -0.05) is 55.5 Å². The predicted molar refractivity (Wildman–Crippen MR) is 226 cm³/mol. The lowest BCUT2D eigenvalue weighted by atomic mass is 9.82. The maximum Gasteiger partial charge on any atom is 0.269 e. The molecular formula is C46H51N5O9. The number of nitro benzene ring substituents is 1. The maximum absolute atomic E-state index is 14.5. The molecule has 314 valence electrons. The Morgan fingerprint density at radius 3 is 2.52 bits per heavy atom. The monoisotopic (exact) mass is 817 g/mol. The van der Waals surface area contributed by atoms with Crippen LogP contribution in [0.1, 0.15) is 60.9 Å². The Kier molecular flexibility index (Phi) is 12.8. The molecule has 0 fully saturated rings. The first-order chi connectivity index (χ1) is 29.0. The number of aliphatic hydroxyl groups is 3. The highest BCUT2D eigenvalue weighted by molar-refractivity contribution is 6.08. The summed E-state index contributed by atoms with van der Waals surface area (Å²) in [6.07, 6.45) is 5.42. The number of ether oxygens (including phenoxy) is 1. The van der Waals surface area contributed by atoms with Crippen LogP contribution < -0.4 is 19.9 Å². The Morgan fingerprint density at radius 1 is 0.983 bits per heavy atom. The van der Waals surface area contributed by atoms with Crippen LogP contribution in [0.4, 0.5) is 22.7 Å². The van der Waals surface area contributed by atoms with Crippen molar-refractivity contribution >= 4 is 40.5 Å². The van der Waals surface area contributed by atoms with Crippen LogP contribution in [-0.4, -0.2) is 81.3 Å². The van der Waals surface area contributed by atoms with Crippen LogP contribution in [0.5, 0.6) is 5.75 Å². The van der Waals surface area contributed by atoms with Crippen molar-refractivity contribution in [2.45, 2.75) is 76.7 Å². The minimum absolute atomic E-state index is 0.0191. The van der Waals surface area contributed by atoms with Crippen molar-refractivity contribution in [3.8, 4) is 5.75 Å². The lowest BCUT2D eigenvalue weighted by Crippen LogP contribution is -2.49. The molecule has 0 saturated carbocycles. The van der Waals surface area contributed by atoms with E-state index in [0.29, 0.717) is 73.8 Å². The van der Waals surface area contributed by atoms with Crippen molar-refractivity contribution < 1.29 is 39.4 Å². The first-order valence-corrected chi connectivity index (χ1v) is 20.5. The van der Waals surface area contributed by atoms with E-state index in [0.717, 1.165) is 16.7 Å². The summed E-state index contributed by atoms with van der Waals surface area (Å²) in [6.45, 7) is 4.78. The smallest absolute Gasteiger partial charge is 0.269 e. The minimum atomic E-state index is -2.20. The zero-order valence-corrected chi connectivity index (χ0v) is 33.8. The number of amides is 3. The number of nitrogens with one attached hydrogen (secondary N) is 1. The van der Waals surface area contributed by atoms with Gasteiger partial charge in [0.15, 0.2) is 5.60 Å². The standard InChI is InChI=1S/C46H51N5O9/c1-3-60-38-17-19-41-34(24-38)25-40(47-20-6-7-21-52)44(55)50(41)35-14-9-11-31(22-35)27-49-42-18-16-36(51(58)59)26-39(42)46(57,45(49)56)30(2)10-8-15-43(54)48-28-33-13-5-4-12-32(33)23-37(48)29-53/h4-5,8-14,16-19,22,24,26,30,37,40,47,52-53,57H,3,6-7,15,20-21,23,25,27-29H2,1-2H3/b10-8+/t30-,37+,40?,46+/m1/s1. The summed E-state index contributed by atoms with van der Waals surface area (Å²) in [4.78, 5) is 58.2. The summed E-state index contributed by atoms with van der Waals surface area (Å²) in [5.41, 5.74) is 2.82. The van der Waals surface area contributed by atoms with Gasteiger partial charge in [-0.05, 0) is 97.8 Å². The number of aliphatic hydroxyl groups excluding tert-OH is 2. The van der Waals surface area contributed by atoms with E-state index in [1.165, 1.54) is 23.1 Å². The van der Waals surface area contributed by atoms with Gasteiger partial charge in [-0.25, -0.2) is 0 Å². The molecule has 4 aromatic rings. The zero-order valence-electron chi connectivity index (χ0n) is 33.8. The van der Waals surface area contributed by atoms with Crippen LogP contribution >= 0.6 is 0 Å². The van der Waals surface area contributed by atoms with Crippen molar-refractivity contribution in [3.05, 3.63) is 135 Å². The topological polar surface area (TPSA) is 186 Å². The van der Waals surface area contributed by atoms with Gasteiger partial charge in [0.05, 0.1) is 48.1 Å². The summed E-state index contributed by atoms with van der Waals surface area (Å²) in [6, 6.07) is 23.7. The van der Waals surface area contributed by atoms with Crippen molar-refractivity contribution in [1.29, 1.82) is 0 Å². The van der Waals surface area contributed by atoms with E-state index in [9.17, 15) is 39.8 Å². The Balaban J connectivity index is 1.14. The van der Waals surface area contributed by atoms with E-state index in [4.69, 9.17) is 4.74 Å². The Morgan fingerprint density at radius 2 is 1.77 bits per heavy atom. The van der Waals surface area contributed by atoms with Crippen molar-refractivity contribution in [3.63, 3.8) is 0 Å². The molecule has 4 atom stereocenters. The quantitative estimate of drug-likeness (QED) is 0.0507. The molecule has 7 rings (SSSR count). The van der Waals surface area contributed by atoms with Gasteiger partial charge in [0.25, 0.3) is 11.6 Å². The van der Waals surface area contributed by atoms with E-state index in [1.807, 2.05) is 67.6 Å². The average molecular weight is 818 g/mol. The molecule has 0 spiro atoms. The molecule has 60 heavy (non-hydrogen) atoms. The largest absolute Gasteiger partial charge is 0.494 e. The number of nitro groups is 1. The van der Waals surface area contributed by atoms with Crippen LogP contribution in [0.15, 0.2) is 97.1 Å². The van der Waals surface area contributed by atoms with Gasteiger partial charge < -0.3 is 35.2 Å². The highest BCUT2D eigenvalue weighted by Gasteiger charge is 2.53.